The van der Waals surface area contributed by atoms with Crippen LogP contribution in [0, 0.1) is 11.5 Å². The molecule has 2 aliphatic rings. The highest BCUT2D eigenvalue weighted by Crippen LogP contribution is 2.44. The van der Waals surface area contributed by atoms with E-state index in [0.717, 1.165) is 22.3 Å². The van der Waals surface area contributed by atoms with Gasteiger partial charge in [0, 0.05) is 29.5 Å². The summed E-state index contributed by atoms with van der Waals surface area (Å²) in [5, 5.41) is 0.717. The average molecular weight is 481 g/mol. The summed E-state index contributed by atoms with van der Waals surface area (Å²) in [5.74, 6) is 2.17. The van der Waals surface area contributed by atoms with E-state index in [1.54, 1.807) is 0 Å². The fourth-order valence-electron chi connectivity index (χ4n) is 3.93. The third kappa shape index (κ3) is 5.77. The van der Waals surface area contributed by atoms with Crippen LogP contribution in [-0.2, 0) is 31.2 Å². The van der Waals surface area contributed by atoms with Crippen molar-refractivity contribution in [1.82, 2.24) is 0 Å². The van der Waals surface area contributed by atoms with Gasteiger partial charge in [-0.3, -0.25) is 4.79 Å². The van der Waals surface area contributed by atoms with Crippen LogP contribution in [0.5, 0.6) is 0 Å². The molecule has 0 spiro atoms. The topological polar surface area (TPSA) is 44.8 Å². The molecule has 0 aromatic heterocycles. The maximum absolute atomic E-state index is 11.1. The van der Waals surface area contributed by atoms with Crippen molar-refractivity contribution in [3.05, 3.63) is 81.4 Å². The Kier molecular flexibility index (Phi) is 6.83. The van der Waals surface area contributed by atoms with Crippen LogP contribution < -0.4 is 0 Å². The lowest BCUT2D eigenvalue weighted by Crippen LogP contribution is -2.32. The molecule has 4 nitrogen and oxygen atoms in total. The SMILES string of the molecule is CC(=O)OCC1=CC[C@]2(c3ccc(Cl)c(Cc4ccc(C#C[Si](C)(C)C)cc4)c3)OC[C@@H]1O2. The number of esters is 1. The van der Waals surface area contributed by atoms with E-state index >= 15 is 0 Å². The number of hydrogen-bond donors (Lipinski definition) is 0. The summed E-state index contributed by atoms with van der Waals surface area (Å²) in [4.78, 5) is 11.1. The van der Waals surface area contributed by atoms with Crippen LogP contribution in [0.4, 0.5) is 0 Å². The first-order valence-electron chi connectivity index (χ1n) is 11.2. The quantitative estimate of drug-likeness (QED) is 0.241. The molecule has 6 heteroatoms. The summed E-state index contributed by atoms with van der Waals surface area (Å²) in [6.45, 7) is 8.81. The minimum absolute atomic E-state index is 0.206. The molecule has 2 heterocycles. The van der Waals surface area contributed by atoms with Crippen LogP contribution in [0.25, 0.3) is 0 Å². The zero-order valence-corrected chi connectivity index (χ0v) is 21.3. The molecule has 2 bridgehead atoms. The van der Waals surface area contributed by atoms with Crippen LogP contribution in [0.1, 0.15) is 35.6 Å². The summed E-state index contributed by atoms with van der Waals surface area (Å²) in [6.07, 6.45) is 3.13. The summed E-state index contributed by atoms with van der Waals surface area (Å²) < 4.78 is 17.6. The van der Waals surface area contributed by atoms with E-state index < -0.39 is 13.9 Å². The molecule has 2 aromatic rings. The molecule has 2 aromatic carbocycles. The molecule has 33 heavy (non-hydrogen) atoms. The number of benzene rings is 2. The number of rotatable bonds is 5. The van der Waals surface area contributed by atoms with Gasteiger partial charge in [-0.15, -0.1) is 5.54 Å². The standard InChI is InChI=1S/C27H29ClO4Si/c1-19(29)30-17-22-11-13-27(31-18-26(22)32-27)24-9-10-25(28)23(16-24)15-21-7-5-20(6-8-21)12-14-33(2,3)4/h5-11,16,26H,13,15,17-18H2,1-4H3/t26-,27-/m0/s1. The third-order valence-corrected chi connectivity index (χ3v) is 6.95. The lowest BCUT2D eigenvalue weighted by atomic mass is 9.94. The van der Waals surface area contributed by atoms with Gasteiger partial charge in [-0.25, -0.2) is 0 Å². The molecular weight excluding hydrogens is 452 g/mol. The molecule has 2 atom stereocenters. The molecule has 1 saturated heterocycles. The molecule has 0 unspecified atom stereocenters. The van der Waals surface area contributed by atoms with Crippen LogP contribution in [0.15, 0.2) is 54.1 Å². The van der Waals surface area contributed by atoms with Gasteiger partial charge in [-0.05, 0) is 47.4 Å². The Labute approximate surface area is 201 Å². The molecule has 1 fully saturated rings. The monoisotopic (exact) mass is 480 g/mol. The summed E-state index contributed by atoms with van der Waals surface area (Å²) in [7, 11) is -1.39. The van der Waals surface area contributed by atoms with Crippen molar-refractivity contribution < 1.29 is 19.0 Å². The Morgan fingerprint density at radius 1 is 1.21 bits per heavy atom. The number of fused-ring (bicyclic) bond motifs is 2. The minimum Gasteiger partial charge on any atom is -0.461 e. The zero-order valence-electron chi connectivity index (χ0n) is 19.5. The van der Waals surface area contributed by atoms with E-state index in [9.17, 15) is 4.79 Å². The average Bonchev–Trinajstić information content (AvgIpc) is 3.12. The Morgan fingerprint density at radius 3 is 2.67 bits per heavy atom. The smallest absolute Gasteiger partial charge is 0.302 e. The molecular formula is C27H29ClO4Si. The highest BCUT2D eigenvalue weighted by molar-refractivity contribution is 6.83. The molecule has 2 aliphatic heterocycles. The Hall–Kier alpha value is -2.36. The van der Waals surface area contributed by atoms with E-state index in [0.29, 0.717) is 24.5 Å². The second-order valence-corrected chi connectivity index (χ2v) is 14.8. The van der Waals surface area contributed by atoms with Crippen LogP contribution in [0.2, 0.25) is 24.7 Å². The summed E-state index contributed by atoms with van der Waals surface area (Å²) in [6, 6.07) is 14.3. The summed E-state index contributed by atoms with van der Waals surface area (Å²) >= 11 is 6.55. The molecule has 0 radical (unpaired) electrons. The first-order valence-corrected chi connectivity index (χ1v) is 15.1. The highest BCUT2D eigenvalue weighted by atomic mass is 35.5. The lowest BCUT2D eigenvalue weighted by molar-refractivity contribution is -0.176. The van der Waals surface area contributed by atoms with Crippen molar-refractivity contribution in [2.24, 2.45) is 0 Å². The van der Waals surface area contributed by atoms with Gasteiger partial charge in [0.05, 0.1) is 6.61 Å². The van der Waals surface area contributed by atoms with Crippen LogP contribution in [0.3, 0.4) is 0 Å². The Balaban J connectivity index is 1.51. The van der Waals surface area contributed by atoms with Crippen molar-refractivity contribution in [2.75, 3.05) is 13.2 Å². The number of halogens is 1. The first-order chi connectivity index (χ1) is 15.6. The molecule has 0 aliphatic carbocycles. The molecule has 4 rings (SSSR count). The zero-order chi connectivity index (χ0) is 23.6. The fraction of sp³-hybridized carbons (Fsp3) is 0.370. The maximum Gasteiger partial charge on any atom is 0.302 e. The highest BCUT2D eigenvalue weighted by Gasteiger charge is 2.47. The van der Waals surface area contributed by atoms with E-state index in [-0.39, 0.29) is 18.7 Å². The number of ether oxygens (including phenoxy) is 3. The second-order valence-electron chi connectivity index (χ2n) is 9.61. The molecule has 0 N–H and O–H groups in total. The van der Waals surface area contributed by atoms with Gasteiger partial charge < -0.3 is 14.2 Å². The first kappa shape index (κ1) is 23.8. The van der Waals surface area contributed by atoms with Gasteiger partial charge in [0.2, 0.25) is 0 Å². The summed E-state index contributed by atoms with van der Waals surface area (Å²) in [5.41, 5.74) is 8.53. The van der Waals surface area contributed by atoms with Gasteiger partial charge in [-0.1, -0.05) is 61.4 Å². The number of carbonyl (C=O) groups is 1. The predicted molar refractivity (Wildman–Crippen MR) is 133 cm³/mol. The van der Waals surface area contributed by atoms with Crippen LogP contribution >= 0.6 is 11.6 Å². The Morgan fingerprint density at radius 2 is 1.97 bits per heavy atom. The predicted octanol–water partition coefficient (Wildman–Crippen LogP) is 5.62. The van der Waals surface area contributed by atoms with Gasteiger partial charge in [-0.2, -0.15) is 0 Å². The van der Waals surface area contributed by atoms with Crippen LogP contribution in [-0.4, -0.2) is 33.4 Å². The van der Waals surface area contributed by atoms with Gasteiger partial charge in [0.25, 0.3) is 0 Å². The third-order valence-electron chi connectivity index (χ3n) is 5.71. The van der Waals surface area contributed by atoms with Crippen molar-refractivity contribution in [1.29, 1.82) is 0 Å². The van der Waals surface area contributed by atoms with Crippen molar-refractivity contribution in [3.63, 3.8) is 0 Å². The van der Waals surface area contributed by atoms with Crippen molar-refractivity contribution in [2.45, 2.75) is 51.3 Å². The van der Waals surface area contributed by atoms with E-state index in [1.807, 2.05) is 12.1 Å². The maximum atomic E-state index is 11.1. The van der Waals surface area contributed by atoms with E-state index in [2.05, 4.69) is 67.5 Å². The van der Waals surface area contributed by atoms with Gasteiger partial charge in [0.15, 0.2) is 5.79 Å². The molecule has 0 saturated carbocycles. The van der Waals surface area contributed by atoms with E-state index in [4.69, 9.17) is 25.8 Å². The van der Waals surface area contributed by atoms with Gasteiger partial charge >= 0.3 is 5.97 Å². The number of hydrogen-bond acceptors (Lipinski definition) is 4. The largest absolute Gasteiger partial charge is 0.461 e. The second kappa shape index (κ2) is 9.48. The van der Waals surface area contributed by atoms with Gasteiger partial charge in [0.1, 0.15) is 20.8 Å². The minimum atomic E-state index is -1.39. The molecule has 0 amide bonds. The Bertz CT molecular complexity index is 1140. The van der Waals surface area contributed by atoms with E-state index in [1.165, 1.54) is 12.5 Å². The lowest BCUT2D eigenvalue weighted by Gasteiger charge is -2.31. The van der Waals surface area contributed by atoms with Crippen molar-refractivity contribution in [3.8, 4) is 11.5 Å². The fourth-order valence-corrected chi connectivity index (χ4v) is 4.64. The van der Waals surface area contributed by atoms with Crippen molar-refractivity contribution >= 4 is 25.6 Å². The molecule has 172 valence electrons. The number of carbonyl (C=O) groups excluding carboxylic acids is 1. The normalized spacial score (nSPS) is 21.7.